The molecule has 0 unspecified atom stereocenters. The van der Waals surface area contributed by atoms with Gasteiger partial charge in [0.25, 0.3) is 0 Å². The van der Waals surface area contributed by atoms with Gasteiger partial charge in [-0.3, -0.25) is 4.99 Å². The third-order valence-electron chi connectivity index (χ3n) is 1.80. The van der Waals surface area contributed by atoms with Crippen molar-refractivity contribution < 1.29 is 42.8 Å². The average Bonchev–Trinajstić information content (AvgIpc) is 2.22. The van der Waals surface area contributed by atoms with Crippen LogP contribution in [0.15, 0.2) is 4.99 Å². The molecule has 9 heteroatoms. The molecule has 0 amide bonds. The second-order valence-corrected chi connectivity index (χ2v) is 4.17. The smallest absolute Gasteiger partial charge is 0.856 e. The molecule has 0 rings (SSSR count). The molecule has 0 saturated heterocycles. The molecule has 0 fully saturated rings. The van der Waals surface area contributed by atoms with Gasteiger partial charge in [-0.15, -0.1) is 5.54 Å². The summed E-state index contributed by atoms with van der Waals surface area (Å²) < 4.78 is 0. The number of aliphatic hydroxyl groups excluding tert-OH is 1. The first-order valence-corrected chi connectivity index (χ1v) is 5.47. The van der Waals surface area contributed by atoms with Crippen molar-refractivity contribution in [2.45, 2.75) is 32.7 Å². The van der Waals surface area contributed by atoms with Gasteiger partial charge in [-0.25, -0.2) is 10.4 Å². The van der Waals surface area contributed by atoms with E-state index in [-0.39, 0.29) is 35.8 Å². The van der Waals surface area contributed by atoms with E-state index in [9.17, 15) is 5.11 Å². The molecule has 0 aliphatic rings. The van der Waals surface area contributed by atoms with Gasteiger partial charge < -0.3 is 15.5 Å². The van der Waals surface area contributed by atoms with Crippen LogP contribution in [0.25, 0.3) is 5.32 Å². The fraction of sp³-hybridized carbons (Fsp3) is 0.900. The van der Waals surface area contributed by atoms with Crippen molar-refractivity contribution in [2.75, 3.05) is 26.3 Å². The fourth-order valence-electron chi connectivity index (χ4n) is 1.33. The second-order valence-electron chi connectivity index (χ2n) is 4.17. The van der Waals surface area contributed by atoms with Crippen LogP contribution in [-0.2, 0) is 17.1 Å². The number of nitrogens with zero attached hydrogens (tertiary/aromatic N) is 3. The van der Waals surface area contributed by atoms with Gasteiger partial charge >= 0.3 is 22.2 Å². The summed E-state index contributed by atoms with van der Waals surface area (Å²) in [4.78, 5) is 12.6. The second kappa shape index (κ2) is 13.7. The topological polar surface area (TPSA) is 130 Å². The first-order chi connectivity index (χ1) is 8.25. The third-order valence-corrected chi connectivity index (χ3v) is 1.80. The van der Waals surface area contributed by atoms with E-state index in [4.69, 9.17) is 20.4 Å². The number of aliphatic hydroxyl groups is 1. The molecule has 1 radical (unpaired) electrons. The van der Waals surface area contributed by atoms with Crippen LogP contribution in [0.1, 0.15) is 27.2 Å². The van der Waals surface area contributed by atoms with Crippen molar-refractivity contribution in [3.8, 4) is 0 Å². The minimum absolute atomic E-state index is 0. The van der Waals surface area contributed by atoms with E-state index in [1.165, 1.54) is 0 Å². The number of hydrogen-bond acceptors (Lipinski definition) is 4. The third kappa shape index (κ3) is 22.9. The SMILES string of the molecule is CC(CC(C)(C)[N-]CC[O-])=NCCO.O=[N+](O)O.[Cu+2]. The molecule has 0 aliphatic carbocycles. The Bertz CT molecular complexity index is 258. The quantitative estimate of drug-likeness (QED) is 0.341. The van der Waals surface area contributed by atoms with Gasteiger partial charge in [0.2, 0.25) is 0 Å². The largest absolute Gasteiger partial charge is 2.00 e. The molecule has 0 heterocycles. The van der Waals surface area contributed by atoms with Crippen molar-refractivity contribution in [2.24, 2.45) is 4.99 Å². The van der Waals surface area contributed by atoms with E-state index in [1.54, 1.807) is 0 Å². The summed E-state index contributed by atoms with van der Waals surface area (Å²) in [6, 6.07) is 0. The van der Waals surface area contributed by atoms with Gasteiger partial charge in [0, 0.05) is 5.71 Å². The van der Waals surface area contributed by atoms with Crippen molar-refractivity contribution in [1.29, 1.82) is 0 Å². The Morgan fingerprint density at radius 1 is 1.42 bits per heavy atom. The maximum Gasteiger partial charge on any atom is 2.00 e. The van der Waals surface area contributed by atoms with E-state index in [2.05, 4.69) is 10.3 Å². The number of aliphatic imine (C=N–C) groups is 1. The zero-order valence-electron chi connectivity index (χ0n) is 11.3. The molecule has 0 saturated carbocycles. The zero-order chi connectivity index (χ0) is 14.6. The Morgan fingerprint density at radius 2 is 1.89 bits per heavy atom. The molecular weight excluding hydrogens is 306 g/mol. The van der Waals surface area contributed by atoms with E-state index in [1.807, 2.05) is 20.8 Å². The Morgan fingerprint density at radius 3 is 2.26 bits per heavy atom. The average molecular weight is 328 g/mol. The summed E-state index contributed by atoms with van der Waals surface area (Å²) in [6.45, 7) is 6.63. The Labute approximate surface area is 123 Å². The van der Waals surface area contributed by atoms with Crippen molar-refractivity contribution >= 4 is 5.71 Å². The predicted octanol–water partition coefficient (Wildman–Crippen LogP) is -0.116. The normalized spacial score (nSPS) is 11.1. The molecule has 0 aromatic carbocycles. The molecule has 8 nitrogen and oxygen atoms in total. The molecule has 0 aromatic rings. The fourth-order valence-corrected chi connectivity index (χ4v) is 1.33. The number of rotatable bonds is 7. The predicted molar refractivity (Wildman–Crippen MR) is 64.1 cm³/mol. The molecular formula is C10H22CuN3O5+. The van der Waals surface area contributed by atoms with Crippen LogP contribution in [0, 0.1) is 4.91 Å². The molecule has 0 aliphatic heterocycles. The van der Waals surface area contributed by atoms with Crippen LogP contribution >= 0.6 is 0 Å². The maximum absolute atomic E-state index is 10.3. The standard InChI is InChI=1S/C10H20N2O2.Cu.H2NO3/c1-9(11-4-6-13)8-10(2,3)12-5-7-14;;2-1(3)4/h13H,4-8H2,1-3H3;;(H2,2,3,4)/q-2;+2;+1. The summed E-state index contributed by atoms with van der Waals surface area (Å²) in [7, 11) is 0. The van der Waals surface area contributed by atoms with Crippen LogP contribution in [-0.4, -0.2) is 58.2 Å². The van der Waals surface area contributed by atoms with Crippen LogP contribution in [0.5, 0.6) is 0 Å². The minimum atomic E-state index is -1.25. The molecule has 117 valence electrons. The molecule has 3 N–H and O–H groups in total. The van der Waals surface area contributed by atoms with Gasteiger partial charge in [-0.05, 0) is 13.3 Å². The van der Waals surface area contributed by atoms with Crippen LogP contribution in [0.4, 0.5) is 0 Å². The molecule has 0 bridgehead atoms. The molecule has 0 atom stereocenters. The van der Waals surface area contributed by atoms with Gasteiger partial charge in [-0.1, -0.05) is 13.8 Å². The summed E-state index contributed by atoms with van der Waals surface area (Å²) in [6.07, 6.45) is 0.743. The summed E-state index contributed by atoms with van der Waals surface area (Å²) in [5, 5.41) is 35.7. The van der Waals surface area contributed by atoms with E-state index >= 15 is 0 Å². The van der Waals surface area contributed by atoms with Crippen molar-refractivity contribution in [1.82, 2.24) is 0 Å². The van der Waals surface area contributed by atoms with E-state index in [0.717, 1.165) is 12.1 Å². The maximum atomic E-state index is 10.3. The van der Waals surface area contributed by atoms with Crippen molar-refractivity contribution in [3.05, 3.63) is 10.2 Å². The Kier molecular flexibility index (Phi) is 16.8. The zero-order valence-corrected chi connectivity index (χ0v) is 12.3. The first-order valence-electron chi connectivity index (χ1n) is 5.47. The van der Waals surface area contributed by atoms with Gasteiger partial charge in [0.15, 0.2) is 0 Å². The Hall–Kier alpha value is -0.731. The molecule has 19 heavy (non-hydrogen) atoms. The van der Waals surface area contributed by atoms with Crippen molar-refractivity contribution in [3.63, 3.8) is 0 Å². The summed E-state index contributed by atoms with van der Waals surface area (Å²) in [5.74, 6) is 0. The van der Waals surface area contributed by atoms with Gasteiger partial charge in [0.1, 0.15) is 4.91 Å². The van der Waals surface area contributed by atoms with Crippen LogP contribution in [0.2, 0.25) is 0 Å². The van der Waals surface area contributed by atoms with Crippen LogP contribution < -0.4 is 5.11 Å². The summed E-state index contributed by atoms with van der Waals surface area (Å²) >= 11 is 0. The summed E-state index contributed by atoms with van der Waals surface area (Å²) in [5.41, 5.74) is 0.756. The number of hydrogen-bond donors (Lipinski definition) is 3. The molecule has 0 spiro atoms. The van der Waals surface area contributed by atoms with Gasteiger partial charge in [-0.2, -0.15) is 13.2 Å². The van der Waals surface area contributed by atoms with Gasteiger partial charge in [0.05, 0.1) is 13.2 Å². The van der Waals surface area contributed by atoms with Crippen LogP contribution in [0.3, 0.4) is 0 Å². The van der Waals surface area contributed by atoms with E-state index < -0.39 is 5.09 Å². The Balaban J connectivity index is -0.000000448. The first kappa shape index (κ1) is 23.4. The monoisotopic (exact) mass is 327 g/mol. The minimum Gasteiger partial charge on any atom is -0.856 e. The molecule has 0 aromatic heterocycles. The van der Waals surface area contributed by atoms with E-state index in [0.29, 0.717) is 13.1 Å².